The molecule has 0 aliphatic heterocycles. The highest BCUT2D eigenvalue weighted by molar-refractivity contribution is 5.79. The Labute approximate surface area is 98.5 Å². The Morgan fingerprint density at radius 3 is 2.41 bits per heavy atom. The lowest BCUT2D eigenvalue weighted by Crippen LogP contribution is -2.26. The van der Waals surface area contributed by atoms with Gasteiger partial charge in [-0.1, -0.05) is 12.1 Å². The first-order chi connectivity index (χ1) is 8.20. The molecular formula is C12H16N2O3. The Balaban J connectivity index is 2.79. The fourth-order valence-corrected chi connectivity index (χ4v) is 2.18. The van der Waals surface area contributed by atoms with Crippen LogP contribution >= 0.6 is 0 Å². The Bertz CT molecular complexity index is 583. The van der Waals surface area contributed by atoms with Crippen molar-refractivity contribution in [3.63, 3.8) is 0 Å². The molecule has 0 aliphatic carbocycles. The molecule has 2 rings (SSSR count). The highest BCUT2D eigenvalue weighted by Crippen LogP contribution is 2.17. The molecule has 92 valence electrons. The maximum Gasteiger partial charge on any atom is 0.329 e. The third kappa shape index (κ3) is 1.87. The molecule has 2 aromatic rings. The summed E-state index contributed by atoms with van der Waals surface area (Å²) in [4.78, 5) is 12.1. The number of hydrogen-bond donors (Lipinski definition) is 2. The molecule has 17 heavy (non-hydrogen) atoms. The van der Waals surface area contributed by atoms with E-state index in [0.717, 1.165) is 16.6 Å². The van der Waals surface area contributed by atoms with Crippen LogP contribution in [0.2, 0.25) is 0 Å². The van der Waals surface area contributed by atoms with Crippen LogP contribution in [0, 0.1) is 6.92 Å². The lowest BCUT2D eigenvalue weighted by molar-refractivity contribution is 0.268. The van der Waals surface area contributed by atoms with E-state index in [1.54, 1.807) is 4.57 Å². The number of aliphatic hydroxyl groups is 2. The highest BCUT2D eigenvalue weighted by Gasteiger charge is 2.13. The van der Waals surface area contributed by atoms with Gasteiger partial charge in [-0.05, 0) is 18.6 Å². The molecule has 1 aromatic carbocycles. The highest BCUT2D eigenvalue weighted by atomic mass is 16.3. The fraction of sp³-hybridized carbons (Fsp3) is 0.417. The number of nitrogens with zero attached hydrogens (tertiary/aromatic N) is 2. The average molecular weight is 236 g/mol. The molecule has 0 fully saturated rings. The van der Waals surface area contributed by atoms with Gasteiger partial charge in [-0.2, -0.15) is 0 Å². The van der Waals surface area contributed by atoms with E-state index in [1.807, 2.05) is 25.1 Å². The Hall–Kier alpha value is -1.59. The standard InChI is InChI=1S/C12H16N2O3/c1-9-3-2-4-10-11(9)14(6-8-16)12(17)13(10)5-7-15/h2-4,15-16H,5-8H2,1H3. The summed E-state index contributed by atoms with van der Waals surface area (Å²) in [7, 11) is 0. The minimum Gasteiger partial charge on any atom is -0.395 e. The van der Waals surface area contributed by atoms with E-state index in [2.05, 4.69) is 0 Å². The second-order valence-corrected chi connectivity index (χ2v) is 3.98. The molecule has 0 aliphatic rings. The molecule has 1 heterocycles. The van der Waals surface area contributed by atoms with Crippen molar-refractivity contribution in [2.45, 2.75) is 20.0 Å². The van der Waals surface area contributed by atoms with E-state index in [1.165, 1.54) is 4.57 Å². The number of aliphatic hydroxyl groups excluding tert-OH is 2. The van der Waals surface area contributed by atoms with Crippen molar-refractivity contribution >= 4 is 11.0 Å². The molecule has 0 bridgehead atoms. The predicted octanol–water partition coefficient (Wildman–Crippen LogP) is 0.0960. The number of aryl methyl sites for hydroxylation is 1. The second-order valence-electron chi connectivity index (χ2n) is 3.98. The van der Waals surface area contributed by atoms with E-state index >= 15 is 0 Å². The summed E-state index contributed by atoms with van der Waals surface area (Å²) in [5.41, 5.74) is 2.44. The zero-order chi connectivity index (χ0) is 12.4. The molecule has 5 heteroatoms. The van der Waals surface area contributed by atoms with E-state index in [0.29, 0.717) is 0 Å². The van der Waals surface area contributed by atoms with Crippen molar-refractivity contribution in [2.24, 2.45) is 0 Å². The number of benzene rings is 1. The van der Waals surface area contributed by atoms with Crippen molar-refractivity contribution in [1.29, 1.82) is 0 Å². The summed E-state index contributed by atoms with van der Waals surface area (Å²) in [6.45, 7) is 2.33. The van der Waals surface area contributed by atoms with Gasteiger partial charge in [0.15, 0.2) is 0 Å². The molecule has 2 N–H and O–H groups in total. The van der Waals surface area contributed by atoms with Crippen molar-refractivity contribution in [2.75, 3.05) is 13.2 Å². The molecular weight excluding hydrogens is 220 g/mol. The molecule has 0 spiro atoms. The SMILES string of the molecule is Cc1cccc2c1n(CCO)c(=O)n2CCO. The van der Waals surface area contributed by atoms with Crippen LogP contribution in [0.15, 0.2) is 23.0 Å². The van der Waals surface area contributed by atoms with Crippen LogP contribution in [-0.2, 0) is 13.1 Å². The number of rotatable bonds is 4. The smallest absolute Gasteiger partial charge is 0.329 e. The van der Waals surface area contributed by atoms with E-state index < -0.39 is 0 Å². The largest absolute Gasteiger partial charge is 0.395 e. The van der Waals surface area contributed by atoms with Gasteiger partial charge in [-0.15, -0.1) is 0 Å². The van der Waals surface area contributed by atoms with E-state index in [4.69, 9.17) is 10.2 Å². The summed E-state index contributed by atoms with van der Waals surface area (Å²) in [6, 6.07) is 5.67. The summed E-state index contributed by atoms with van der Waals surface area (Å²) in [5, 5.41) is 18.0. The number of imidazole rings is 1. The lowest BCUT2D eigenvalue weighted by Gasteiger charge is -2.02. The van der Waals surface area contributed by atoms with Gasteiger partial charge >= 0.3 is 5.69 Å². The minimum atomic E-state index is -0.183. The van der Waals surface area contributed by atoms with Crippen molar-refractivity contribution < 1.29 is 10.2 Å². The molecule has 0 amide bonds. The van der Waals surface area contributed by atoms with Crippen molar-refractivity contribution in [1.82, 2.24) is 9.13 Å². The van der Waals surface area contributed by atoms with Crippen molar-refractivity contribution in [3.8, 4) is 0 Å². The summed E-state index contributed by atoms with van der Waals surface area (Å²) < 4.78 is 3.10. The average Bonchev–Trinajstić information content (AvgIpc) is 2.57. The third-order valence-corrected chi connectivity index (χ3v) is 2.89. The molecule has 0 saturated heterocycles. The van der Waals surface area contributed by atoms with Crippen LogP contribution in [-0.4, -0.2) is 32.6 Å². The van der Waals surface area contributed by atoms with Gasteiger partial charge in [0.25, 0.3) is 0 Å². The third-order valence-electron chi connectivity index (χ3n) is 2.89. The fourth-order valence-electron chi connectivity index (χ4n) is 2.18. The zero-order valence-electron chi connectivity index (χ0n) is 9.76. The van der Waals surface area contributed by atoms with Crippen molar-refractivity contribution in [3.05, 3.63) is 34.2 Å². The van der Waals surface area contributed by atoms with Crippen LogP contribution < -0.4 is 5.69 Å². The second kappa shape index (κ2) is 4.73. The zero-order valence-corrected chi connectivity index (χ0v) is 9.76. The van der Waals surface area contributed by atoms with Crippen LogP contribution in [0.5, 0.6) is 0 Å². The summed E-state index contributed by atoms with van der Waals surface area (Å²) >= 11 is 0. The van der Waals surface area contributed by atoms with E-state index in [9.17, 15) is 4.79 Å². The first kappa shape index (κ1) is 11.9. The first-order valence-corrected chi connectivity index (χ1v) is 5.61. The van der Waals surface area contributed by atoms with Gasteiger partial charge < -0.3 is 10.2 Å². The van der Waals surface area contributed by atoms with Gasteiger partial charge in [-0.25, -0.2) is 4.79 Å². The van der Waals surface area contributed by atoms with Gasteiger partial charge in [0.1, 0.15) is 0 Å². The topological polar surface area (TPSA) is 67.4 Å². The number of para-hydroxylation sites is 1. The van der Waals surface area contributed by atoms with Crippen LogP contribution in [0.4, 0.5) is 0 Å². The molecule has 0 atom stereocenters. The maximum atomic E-state index is 12.1. The van der Waals surface area contributed by atoms with Gasteiger partial charge in [0, 0.05) is 0 Å². The van der Waals surface area contributed by atoms with Crippen LogP contribution in [0.25, 0.3) is 11.0 Å². The van der Waals surface area contributed by atoms with E-state index in [-0.39, 0.29) is 32.0 Å². The molecule has 0 radical (unpaired) electrons. The Morgan fingerprint density at radius 2 is 1.76 bits per heavy atom. The van der Waals surface area contributed by atoms with Crippen LogP contribution in [0.1, 0.15) is 5.56 Å². The maximum absolute atomic E-state index is 12.1. The molecule has 0 saturated carbocycles. The molecule has 0 unspecified atom stereocenters. The van der Waals surface area contributed by atoms with Gasteiger partial charge in [0.05, 0.1) is 37.3 Å². The van der Waals surface area contributed by atoms with Gasteiger partial charge in [-0.3, -0.25) is 9.13 Å². The summed E-state index contributed by atoms with van der Waals surface area (Å²) in [6.07, 6.45) is 0. The minimum absolute atomic E-state index is 0.0769. The number of fused-ring (bicyclic) bond motifs is 1. The normalized spacial score (nSPS) is 11.2. The predicted molar refractivity (Wildman–Crippen MR) is 65.1 cm³/mol. The monoisotopic (exact) mass is 236 g/mol. The lowest BCUT2D eigenvalue weighted by atomic mass is 10.2. The first-order valence-electron chi connectivity index (χ1n) is 5.61. The molecule has 1 aromatic heterocycles. The quantitative estimate of drug-likeness (QED) is 0.791. The Kier molecular flexibility index (Phi) is 3.31. The Morgan fingerprint density at radius 1 is 1.12 bits per heavy atom. The number of hydrogen-bond acceptors (Lipinski definition) is 3. The van der Waals surface area contributed by atoms with Gasteiger partial charge in [0.2, 0.25) is 0 Å². The number of aromatic nitrogens is 2. The summed E-state index contributed by atoms with van der Waals surface area (Å²) in [5.74, 6) is 0. The van der Waals surface area contributed by atoms with Crippen LogP contribution in [0.3, 0.4) is 0 Å². The molecule has 5 nitrogen and oxygen atoms in total.